The first-order valence-corrected chi connectivity index (χ1v) is 7.46. The third kappa shape index (κ3) is 2.52. The second kappa shape index (κ2) is 5.29. The summed E-state index contributed by atoms with van der Waals surface area (Å²) in [5, 5.41) is 1.78. The standard InChI is InChI=1S/C14H18FN3OS/c15-11-3-1-4-12-10(11)7-13(20-12)18-8-14(16,9-18)5-2-6-19-17/h1,3-4,7H,2,5-6,8-9,16-17H2. The van der Waals surface area contributed by atoms with E-state index in [-0.39, 0.29) is 11.4 Å². The zero-order chi connectivity index (χ0) is 14.2. The van der Waals surface area contributed by atoms with Crippen molar-refractivity contribution in [2.24, 2.45) is 11.6 Å². The topological polar surface area (TPSA) is 64.5 Å². The van der Waals surface area contributed by atoms with E-state index in [9.17, 15) is 4.39 Å². The number of anilines is 1. The molecule has 1 aliphatic rings. The minimum absolute atomic E-state index is 0.162. The Kier molecular flexibility index (Phi) is 3.64. The molecule has 0 atom stereocenters. The number of hydrogen-bond donors (Lipinski definition) is 2. The highest BCUT2D eigenvalue weighted by atomic mass is 32.1. The van der Waals surface area contributed by atoms with E-state index in [1.54, 1.807) is 17.4 Å². The monoisotopic (exact) mass is 295 g/mol. The van der Waals surface area contributed by atoms with Crippen LogP contribution >= 0.6 is 11.3 Å². The van der Waals surface area contributed by atoms with E-state index in [0.717, 1.165) is 35.6 Å². The number of nitrogens with two attached hydrogens (primary N) is 2. The van der Waals surface area contributed by atoms with Crippen LogP contribution in [0.15, 0.2) is 24.3 Å². The largest absolute Gasteiger partial charge is 0.360 e. The Bertz CT molecular complexity index is 609. The maximum absolute atomic E-state index is 13.7. The van der Waals surface area contributed by atoms with Gasteiger partial charge >= 0.3 is 0 Å². The van der Waals surface area contributed by atoms with Crippen LogP contribution in [0.2, 0.25) is 0 Å². The summed E-state index contributed by atoms with van der Waals surface area (Å²) in [5.41, 5.74) is 6.11. The second-order valence-corrected chi connectivity index (χ2v) is 6.49. The first kappa shape index (κ1) is 13.8. The molecule has 108 valence electrons. The van der Waals surface area contributed by atoms with Crippen molar-refractivity contribution in [1.82, 2.24) is 0 Å². The number of rotatable bonds is 5. The quantitative estimate of drug-likeness (QED) is 0.656. The summed E-state index contributed by atoms with van der Waals surface area (Å²) in [7, 11) is 0. The molecule has 0 spiro atoms. The summed E-state index contributed by atoms with van der Waals surface area (Å²) < 4.78 is 14.7. The lowest BCUT2D eigenvalue weighted by atomic mass is 9.86. The molecule has 0 bridgehead atoms. The van der Waals surface area contributed by atoms with Crippen LogP contribution in [0.3, 0.4) is 0 Å². The fraction of sp³-hybridized carbons (Fsp3) is 0.429. The number of halogens is 1. The molecule has 0 saturated carbocycles. The maximum Gasteiger partial charge on any atom is 0.131 e. The van der Waals surface area contributed by atoms with Gasteiger partial charge in [-0.2, -0.15) is 0 Å². The fourth-order valence-electron chi connectivity index (χ4n) is 2.70. The molecule has 0 radical (unpaired) electrons. The zero-order valence-corrected chi connectivity index (χ0v) is 12.0. The van der Waals surface area contributed by atoms with Gasteiger partial charge in [-0.3, -0.25) is 0 Å². The van der Waals surface area contributed by atoms with Gasteiger partial charge in [0.2, 0.25) is 0 Å². The molecule has 2 heterocycles. The number of benzene rings is 1. The van der Waals surface area contributed by atoms with Crippen molar-refractivity contribution in [3.05, 3.63) is 30.1 Å². The highest BCUT2D eigenvalue weighted by Crippen LogP contribution is 2.38. The van der Waals surface area contributed by atoms with E-state index >= 15 is 0 Å². The van der Waals surface area contributed by atoms with Crippen LogP contribution in [0.1, 0.15) is 12.8 Å². The van der Waals surface area contributed by atoms with Crippen LogP contribution in [-0.2, 0) is 4.84 Å². The lowest BCUT2D eigenvalue weighted by molar-refractivity contribution is 0.125. The summed E-state index contributed by atoms with van der Waals surface area (Å²) in [4.78, 5) is 6.76. The molecule has 2 aromatic rings. The molecule has 1 aromatic heterocycles. The lowest BCUT2D eigenvalue weighted by Gasteiger charge is -2.48. The first-order chi connectivity index (χ1) is 9.61. The van der Waals surface area contributed by atoms with E-state index in [1.165, 1.54) is 6.07 Å². The first-order valence-electron chi connectivity index (χ1n) is 6.65. The Hall–Kier alpha value is -1.21. The molecular formula is C14H18FN3OS. The molecule has 1 fully saturated rings. The smallest absolute Gasteiger partial charge is 0.131 e. The fourth-order valence-corrected chi connectivity index (χ4v) is 3.78. The second-order valence-electron chi connectivity index (χ2n) is 5.43. The third-order valence-electron chi connectivity index (χ3n) is 3.76. The summed E-state index contributed by atoms with van der Waals surface area (Å²) in [5.74, 6) is 4.85. The van der Waals surface area contributed by atoms with Gasteiger partial charge < -0.3 is 15.5 Å². The Balaban J connectivity index is 1.67. The van der Waals surface area contributed by atoms with E-state index in [2.05, 4.69) is 9.74 Å². The van der Waals surface area contributed by atoms with Crippen LogP contribution in [0.25, 0.3) is 10.1 Å². The number of nitrogens with zero attached hydrogens (tertiary/aromatic N) is 1. The van der Waals surface area contributed by atoms with Gasteiger partial charge in [-0.05, 0) is 31.0 Å². The van der Waals surface area contributed by atoms with Crippen molar-refractivity contribution in [3.63, 3.8) is 0 Å². The van der Waals surface area contributed by atoms with Gasteiger partial charge in [-0.15, -0.1) is 11.3 Å². The molecule has 4 nitrogen and oxygen atoms in total. The molecule has 4 N–H and O–H groups in total. The van der Waals surface area contributed by atoms with Crippen molar-refractivity contribution in [1.29, 1.82) is 0 Å². The number of thiophene rings is 1. The predicted octanol–water partition coefficient (Wildman–Crippen LogP) is 2.23. The van der Waals surface area contributed by atoms with Gasteiger partial charge in [-0.25, -0.2) is 10.3 Å². The number of hydrogen-bond acceptors (Lipinski definition) is 5. The van der Waals surface area contributed by atoms with Gasteiger partial charge in [0.05, 0.1) is 17.1 Å². The SMILES string of the molecule is NOCCCC1(N)CN(c2cc3c(F)cccc3s2)C1. The van der Waals surface area contributed by atoms with Gasteiger partial charge in [0.15, 0.2) is 0 Å². The Morgan fingerprint density at radius 2 is 2.20 bits per heavy atom. The Morgan fingerprint density at radius 1 is 1.40 bits per heavy atom. The normalized spacial score (nSPS) is 17.4. The van der Waals surface area contributed by atoms with Gasteiger partial charge in [0, 0.05) is 23.2 Å². The highest BCUT2D eigenvalue weighted by molar-refractivity contribution is 7.22. The average Bonchev–Trinajstić information content (AvgIpc) is 2.81. The molecule has 6 heteroatoms. The van der Waals surface area contributed by atoms with Crippen LogP contribution in [0.5, 0.6) is 0 Å². The Morgan fingerprint density at radius 3 is 2.90 bits per heavy atom. The van der Waals surface area contributed by atoms with Gasteiger partial charge in [0.1, 0.15) is 5.82 Å². The lowest BCUT2D eigenvalue weighted by Crippen LogP contribution is -2.67. The van der Waals surface area contributed by atoms with Crippen molar-refractivity contribution >= 4 is 26.4 Å². The number of fused-ring (bicyclic) bond motifs is 1. The summed E-state index contributed by atoms with van der Waals surface area (Å²) in [6, 6.07) is 7.10. The van der Waals surface area contributed by atoms with Crippen LogP contribution in [0, 0.1) is 5.82 Å². The molecule has 1 aliphatic heterocycles. The summed E-state index contributed by atoms with van der Waals surface area (Å²) in [6.07, 6.45) is 1.75. The van der Waals surface area contributed by atoms with Crippen LogP contribution < -0.4 is 16.5 Å². The minimum atomic E-state index is -0.173. The van der Waals surface area contributed by atoms with Crippen LogP contribution in [0.4, 0.5) is 9.39 Å². The van der Waals surface area contributed by atoms with E-state index in [4.69, 9.17) is 11.6 Å². The van der Waals surface area contributed by atoms with Gasteiger partial charge in [-0.1, -0.05) is 6.07 Å². The average molecular weight is 295 g/mol. The molecule has 1 aromatic carbocycles. The maximum atomic E-state index is 13.7. The summed E-state index contributed by atoms with van der Waals surface area (Å²) >= 11 is 1.61. The van der Waals surface area contributed by atoms with E-state index in [0.29, 0.717) is 12.0 Å². The summed E-state index contributed by atoms with van der Waals surface area (Å²) in [6.45, 7) is 2.13. The highest BCUT2D eigenvalue weighted by Gasteiger charge is 2.39. The molecule has 0 unspecified atom stereocenters. The van der Waals surface area contributed by atoms with Crippen LogP contribution in [-0.4, -0.2) is 25.2 Å². The van der Waals surface area contributed by atoms with Crippen molar-refractivity contribution in [2.45, 2.75) is 18.4 Å². The van der Waals surface area contributed by atoms with E-state index < -0.39 is 0 Å². The predicted molar refractivity (Wildman–Crippen MR) is 80.3 cm³/mol. The van der Waals surface area contributed by atoms with Crippen molar-refractivity contribution in [3.8, 4) is 0 Å². The zero-order valence-electron chi connectivity index (χ0n) is 11.1. The molecule has 3 rings (SSSR count). The van der Waals surface area contributed by atoms with Crippen molar-refractivity contribution in [2.75, 3.05) is 24.6 Å². The minimum Gasteiger partial charge on any atom is -0.360 e. The molecule has 0 aliphatic carbocycles. The Labute approximate surface area is 121 Å². The molecule has 1 saturated heterocycles. The third-order valence-corrected chi connectivity index (χ3v) is 4.92. The van der Waals surface area contributed by atoms with E-state index in [1.807, 2.05) is 12.1 Å². The van der Waals surface area contributed by atoms with Crippen molar-refractivity contribution < 1.29 is 9.23 Å². The molecular weight excluding hydrogens is 277 g/mol. The molecule has 0 amide bonds. The van der Waals surface area contributed by atoms with Gasteiger partial charge in [0.25, 0.3) is 0 Å². The molecule has 20 heavy (non-hydrogen) atoms.